The summed E-state index contributed by atoms with van der Waals surface area (Å²) in [7, 11) is 0. The van der Waals surface area contributed by atoms with Crippen molar-refractivity contribution in [3.05, 3.63) is 0 Å². The van der Waals surface area contributed by atoms with E-state index in [2.05, 4.69) is 10.6 Å². The highest BCUT2D eigenvalue weighted by molar-refractivity contribution is 7.98. The lowest BCUT2D eigenvalue weighted by Crippen LogP contribution is -2.45. The van der Waals surface area contributed by atoms with E-state index in [0.717, 1.165) is 18.6 Å². The highest BCUT2D eigenvalue weighted by Gasteiger charge is 2.16. The summed E-state index contributed by atoms with van der Waals surface area (Å²) in [5.41, 5.74) is 0. The Morgan fingerprint density at radius 3 is 2.56 bits per heavy atom. The Morgan fingerprint density at radius 1 is 1.38 bits per heavy atom. The number of hydrogen-bond donors (Lipinski definition) is 3. The summed E-state index contributed by atoms with van der Waals surface area (Å²) in [6, 6.07) is -1.20. The molecule has 0 saturated heterocycles. The maximum absolute atomic E-state index is 11.3. The minimum Gasteiger partial charge on any atom is -0.480 e. The van der Waals surface area contributed by atoms with E-state index in [0.29, 0.717) is 13.0 Å². The first kappa shape index (κ1) is 15.1. The van der Waals surface area contributed by atoms with Gasteiger partial charge >= 0.3 is 12.0 Å². The number of hydrogen-bond acceptors (Lipinski definition) is 3. The summed E-state index contributed by atoms with van der Waals surface area (Å²) in [5.74, 6) is 0.0794. The quantitative estimate of drug-likeness (QED) is 0.566. The van der Waals surface area contributed by atoms with E-state index >= 15 is 0 Å². The van der Waals surface area contributed by atoms with Gasteiger partial charge in [0.15, 0.2) is 0 Å². The first-order valence-corrected chi connectivity index (χ1v) is 6.77. The van der Waals surface area contributed by atoms with Crippen molar-refractivity contribution < 1.29 is 14.7 Å². The molecule has 0 bridgehead atoms. The molecule has 0 aliphatic rings. The second kappa shape index (κ2) is 9.33. The molecule has 0 aliphatic carbocycles. The van der Waals surface area contributed by atoms with Gasteiger partial charge in [-0.1, -0.05) is 6.92 Å². The Kier molecular flexibility index (Phi) is 8.80. The molecule has 0 fully saturated rings. The Morgan fingerprint density at radius 2 is 2.06 bits per heavy atom. The number of carboxylic acid groups (broad SMARTS) is 1. The summed E-state index contributed by atoms with van der Waals surface area (Å²) in [4.78, 5) is 21.9. The molecular formula is C10H20N2O3S. The van der Waals surface area contributed by atoms with Crippen LogP contribution < -0.4 is 10.6 Å². The first-order valence-electron chi connectivity index (χ1n) is 5.38. The van der Waals surface area contributed by atoms with Crippen molar-refractivity contribution in [2.24, 2.45) is 0 Å². The van der Waals surface area contributed by atoms with Gasteiger partial charge < -0.3 is 15.7 Å². The maximum Gasteiger partial charge on any atom is 0.326 e. The zero-order chi connectivity index (χ0) is 12.4. The molecule has 0 spiro atoms. The second-order valence-electron chi connectivity index (χ2n) is 3.40. The maximum atomic E-state index is 11.3. The summed E-state index contributed by atoms with van der Waals surface area (Å²) < 4.78 is 0. The molecule has 0 radical (unpaired) electrons. The van der Waals surface area contributed by atoms with E-state index in [4.69, 9.17) is 5.11 Å². The Bertz CT molecular complexity index is 224. The van der Waals surface area contributed by atoms with Crippen LogP contribution in [-0.4, -0.2) is 41.7 Å². The largest absolute Gasteiger partial charge is 0.480 e. The molecule has 3 N–H and O–H groups in total. The number of unbranched alkanes of at least 4 members (excludes halogenated alkanes) is 1. The number of aliphatic carboxylic acids is 1. The molecule has 94 valence electrons. The van der Waals surface area contributed by atoms with Gasteiger partial charge in [-0.3, -0.25) is 0 Å². The lowest BCUT2D eigenvalue weighted by molar-refractivity contribution is -0.139. The molecule has 0 aromatic heterocycles. The predicted molar refractivity (Wildman–Crippen MR) is 65.9 cm³/mol. The third-order valence-corrected chi connectivity index (χ3v) is 2.77. The molecule has 5 nitrogen and oxygen atoms in total. The average molecular weight is 248 g/mol. The van der Waals surface area contributed by atoms with Crippen molar-refractivity contribution in [3.8, 4) is 0 Å². The van der Waals surface area contributed by atoms with E-state index in [-0.39, 0.29) is 0 Å². The van der Waals surface area contributed by atoms with Crippen molar-refractivity contribution >= 4 is 23.8 Å². The standard InChI is InChI=1S/C10H20N2O3S/c1-3-8(9(13)14)12-10(15)11-6-4-5-7-16-2/h8H,3-7H2,1-2H3,(H,13,14)(H2,11,12,15)/t8-/m0/s1. The van der Waals surface area contributed by atoms with Crippen LogP contribution in [0.2, 0.25) is 0 Å². The molecule has 16 heavy (non-hydrogen) atoms. The average Bonchev–Trinajstić information content (AvgIpc) is 2.25. The number of carbonyl (C=O) groups is 2. The Hall–Kier alpha value is -0.910. The van der Waals surface area contributed by atoms with E-state index < -0.39 is 18.0 Å². The SMILES string of the molecule is CC[C@H](NC(=O)NCCCCSC)C(=O)O. The Labute approximate surface area is 100 Å². The molecule has 0 heterocycles. The van der Waals surface area contributed by atoms with E-state index in [1.807, 2.05) is 6.26 Å². The molecule has 0 rings (SSSR count). The lowest BCUT2D eigenvalue weighted by Gasteiger charge is -2.12. The minimum absolute atomic E-state index is 0.384. The molecular weight excluding hydrogens is 228 g/mol. The molecule has 0 aromatic carbocycles. The zero-order valence-electron chi connectivity index (χ0n) is 9.78. The summed E-state index contributed by atoms with van der Waals surface area (Å²) in [6.45, 7) is 2.31. The van der Waals surface area contributed by atoms with Crippen LogP contribution in [0.15, 0.2) is 0 Å². The highest BCUT2D eigenvalue weighted by atomic mass is 32.2. The monoisotopic (exact) mass is 248 g/mol. The first-order chi connectivity index (χ1) is 7.61. The number of thioether (sulfide) groups is 1. The molecule has 0 aromatic rings. The lowest BCUT2D eigenvalue weighted by atomic mass is 10.2. The topological polar surface area (TPSA) is 78.4 Å². The third-order valence-electron chi connectivity index (χ3n) is 2.07. The molecule has 1 atom stereocenters. The fourth-order valence-corrected chi connectivity index (χ4v) is 1.61. The van der Waals surface area contributed by atoms with Crippen molar-refractivity contribution in [1.82, 2.24) is 10.6 Å². The second-order valence-corrected chi connectivity index (χ2v) is 4.38. The van der Waals surface area contributed by atoms with Crippen molar-refractivity contribution in [3.63, 3.8) is 0 Å². The normalized spacial score (nSPS) is 11.9. The number of amides is 2. The van der Waals surface area contributed by atoms with Gasteiger partial charge in [0.2, 0.25) is 0 Å². The number of carbonyl (C=O) groups excluding carboxylic acids is 1. The number of rotatable bonds is 8. The van der Waals surface area contributed by atoms with Crippen LogP contribution in [0.4, 0.5) is 4.79 Å². The van der Waals surface area contributed by atoms with Crippen molar-refractivity contribution in [1.29, 1.82) is 0 Å². The van der Waals surface area contributed by atoms with E-state index in [1.165, 1.54) is 0 Å². The van der Waals surface area contributed by atoms with Gasteiger partial charge in [0.05, 0.1) is 0 Å². The highest BCUT2D eigenvalue weighted by Crippen LogP contribution is 1.97. The Balaban J connectivity index is 3.61. The number of carboxylic acids is 1. The van der Waals surface area contributed by atoms with Crippen LogP contribution in [0.3, 0.4) is 0 Å². The summed E-state index contributed by atoms with van der Waals surface area (Å²) in [5, 5.41) is 13.8. The van der Waals surface area contributed by atoms with Crippen molar-refractivity contribution in [2.75, 3.05) is 18.6 Å². The van der Waals surface area contributed by atoms with Gasteiger partial charge in [0.1, 0.15) is 6.04 Å². The van der Waals surface area contributed by atoms with Gasteiger partial charge in [0, 0.05) is 6.54 Å². The molecule has 0 unspecified atom stereocenters. The van der Waals surface area contributed by atoms with Crippen LogP contribution in [0.1, 0.15) is 26.2 Å². The predicted octanol–water partition coefficient (Wildman–Crippen LogP) is 1.29. The summed E-state index contributed by atoms with van der Waals surface area (Å²) in [6.07, 6.45) is 4.39. The molecule has 0 saturated carbocycles. The van der Waals surface area contributed by atoms with Gasteiger partial charge in [0.25, 0.3) is 0 Å². The van der Waals surface area contributed by atoms with Crippen LogP contribution in [-0.2, 0) is 4.79 Å². The van der Waals surface area contributed by atoms with Crippen LogP contribution in [0, 0.1) is 0 Å². The summed E-state index contributed by atoms with van der Waals surface area (Å²) >= 11 is 1.77. The smallest absolute Gasteiger partial charge is 0.326 e. The van der Waals surface area contributed by atoms with Crippen LogP contribution in [0.25, 0.3) is 0 Å². The van der Waals surface area contributed by atoms with E-state index in [9.17, 15) is 9.59 Å². The van der Waals surface area contributed by atoms with Gasteiger partial charge in [-0.05, 0) is 31.3 Å². The molecule has 2 amide bonds. The third kappa shape index (κ3) is 7.39. The van der Waals surface area contributed by atoms with Crippen LogP contribution in [0.5, 0.6) is 0 Å². The van der Waals surface area contributed by atoms with Gasteiger partial charge in [-0.2, -0.15) is 11.8 Å². The van der Waals surface area contributed by atoms with Crippen molar-refractivity contribution in [2.45, 2.75) is 32.2 Å². The number of nitrogens with one attached hydrogen (secondary N) is 2. The fourth-order valence-electron chi connectivity index (χ4n) is 1.12. The van der Waals surface area contributed by atoms with E-state index in [1.54, 1.807) is 18.7 Å². The van der Waals surface area contributed by atoms with Crippen LogP contribution >= 0.6 is 11.8 Å². The van der Waals surface area contributed by atoms with Gasteiger partial charge in [-0.25, -0.2) is 9.59 Å². The molecule has 6 heteroatoms. The number of urea groups is 1. The minimum atomic E-state index is -1.000. The van der Waals surface area contributed by atoms with Gasteiger partial charge in [-0.15, -0.1) is 0 Å². The zero-order valence-corrected chi connectivity index (χ0v) is 10.6. The molecule has 0 aliphatic heterocycles. The fraction of sp³-hybridized carbons (Fsp3) is 0.800.